The number of hydrogen-bond donors (Lipinski definition) is 1. The smallest absolute Gasteiger partial charge is 0.306 e. The molecule has 290 valence electrons. The summed E-state index contributed by atoms with van der Waals surface area (Å²) in [6.45, 7) is 4.31. The molecule has 4 heteroatoms. The van der Waals surface area contributed by atoms with E-state index in [0.717, 1.165) is 128 Å². The first-order valence-electron chi connectivity index (χ1n) is 20.5. The van der Waals surface area contributed by atoms with Gasteiger partial charge in [0.1, 0.15) is 6.10 Å². The van der Waals surface area contributed by atoms with Crippen LogP contribution in [0, 0.1) is 0 Å². The molecule has 1 unspecified atom stereocenters. The highest BCUT2D eigenvalue weighted by Gasteiger charge is 2.13. The second-order valence-corrected chi connectivity index (χ2v) is 13.1. The fraction of sp³-hybridized carbons (Fsp3) is 0.542. The topological polar surface area (TPSA) is 63.6 Å². The lowest BCUT2D eigenvalue weighted by molar-refractivity contribution is -0.149. The van der Waals surface area contributed by atoms with Gasteiger partial charge in [-0.3, -0.25) is 9.59 Å². The molecule has 0 saturated carbocycles. The Balaban J connectivity index is 4.31. The van der Waals surface area contributed by atoms with Crippen molar-refractivity contribution in [3.63, 3.8) is 0 Å². The zero-order chi connectivity index (χ0) is 37.8. The van der Waals surface area contributed by atoms with Crippen molar-refractivity contribution in [3.05, 3.63) is 122 Å². The highest BCUT2D eigenvalue weighted by Crippen LogP contribution is 2.17. The Morgan fingerprint density at radius 1 is 0.423 bits per heavy atom. The molecule has 0 rings (SSSR count). The van der Waals surface area contributed by atoms with Crippen LogP contribution in [0.2, 0.25) is 0 Å². The second kappa shape index (κ2) is 41.8. The molecule has 0 aromatic rings. The fourth-order valence-electron chi connectivity index (χ4n) is 5.26. The molecule has 1 N–H and O–H groups in total. The minimum Gasteiger partial charge on any atom is -0.481 e. The minimum absolute atomic E-state index is 0.0331. The van der Waals surface area contributed by atoms with Crippen LogP contribution in [-0.4, -0.2) is 23.1 Å². The Morgan fingerprint density at radius 2 is 0.769 bits per heavy atom. The first-order valence-corrected chi connectivity index (χ1v) is 20.5. The van der Waals surface area contributed by atoms with Gasteiger partial charge in [0.25, 0.3) is 0 Å². The number of hydrogen-bond acceptors (Lipinski definition) is 3. The van der Waals surface area contributed by atoms with Crippen molar-refractivity contribution in [2.45, 2.75) is 168 Å². The van der Waals surface area contributed by atoms with E-state index in [4.69, 9.17) is 9.84 Å². The molecule has 52 heavy (non-hydrogen) atoms. The fourth-order valence-corrected chi connectivity index (χ4v) is 5.26. The first kappa shape index (κ1) is 48.3. The SMILES string of the molecule is CC/C=C\C/C=C\C/C=C\C/C=C\C/C=C\C/C=C\CCC(=O)OC(CCCC/C=C\C/C=C\C/C=C\C/C=C\CC)CCCCCCCC(=O)O. The van der Waals surface area contributed by atoms with E-state index in [9.17, 15) is 9.59 Å². The summed E-state index contributed by atoms with van der Waals surface area (Å²) in [7, 11) is 0. The lowest BCUT2D eigenvalue weighted by atomic mass is 10.0. The standard InChI is InChI=1S/C48H74O4/c1-3-5-7-9-11-13-15-17-19-20-21-22-24-26-28-30-32-37-41-45-48(51)52-46(43-39-35-33-36-40-44-47(49)50)42-38-34-31-29-27-25-23-18-16-14-12-10-8-6-4-2/h5-8,11-14,17-19,21-23,26-29,32,37,46H,3-4,9-10,15-16,20,24-25,30-31,33-36,38-45H2,1-2H3,(H,49,50)/b7-5-,8-6-,13-11-,14-12-,19-17-,22-21-,23-18-,28-26-,29-27-,37-32-. The number of esters is 1. The van der Waals surface area contributed by atoms with Crippen molar-refractivity contribution in [2.24, 2.45) is 0 Å². The van der Waals surface area contributed by atoms with Gasteiger partial charge in [0, 0.05) is 12.8 Å². The van der Waals surface area contributed by atoms with Crippen molar-refractivity contribution in [3.8, 4) is 0 Å². The zero-order valence-electron chi connectivity index (χ0n) is 33.1. The van der Waals surface area contributed by atoms with Gasteiger partial charge in [0.15, 0.2) is 0 Å². The van der Waals surface area contributed by atoms with Crippen molar-refractivity contribution in [2.75, 3.05) is 0 Å². The van der Waals surface area contributed by atoms with Crippen LogP contribution in [0.4, 0.5) is 0 Å². The van der Waals surface area contributed by atoms with Crippen molar-refractivity contribution >= 4 is 11.9 Å². The van der Waals surface area contributed by atoms with E-state index in [1.807, 2.05) is 0 Å². The number of carboxylic acids is 1. The average molecular weight is 715 g/mol. The largest absolute Gasteiger partial charge is 0.481 e. The highest BCUT2D eigenvalue weighted by atomic mass is 16.5. The lowest BCUT2D eigenvalue weighted by Crippen LogP contribution is -2.18. The molecule has 1 atom stereocenters. The number of unbranched alkanes of at least 4 members (excludes halogenated alkanes) is 6. The molecule has 0 radical (unpaired) electrons. The van der Waals surface area contributed by atoms with Gasteiger partial charge in [-0.25, -0.2) is 0 Å². The number of carbonyl (C=O) groups excluding carboxylic acids is 1. The van der Waals surface area contributed by atoms with E-state index in [2.05, 4.69) is 135 Å². The molecule has 0 aliphatic heterocycles. The van der Waals surface area contributed by atoms with Gasteiger partial charge in [0.2, 0.25) is 0 Å². The zero-order valence-corrected chi connectivity index (χ0v) is 33.1. The molecule has 4 nitrogen and oxygen atoms in total. The van der Waals surface area contributed by atoms with Crippen molar-refractivity contribution in [1.82, 2.24) is 0 Å². The predicted octanol–water partition coefficient (Wildman–Crippen LogP) is 14.6. The maximum atomic E-state index is 12.7. The number of allylic oxidation sites excluding steroid dienone is 20. The van der Waals surface area contributed by atoms with Gasteiger partial charge in [-0.2, -0.15) is 0 Å². The van der Waals surface area contributed by atoms with Crippen LogP contribution < -0.4 is 0 Å². The molecular formula is C48H74O4. The molecule has 0 heterocycles. The maximum absolute atomic E-state index is 12.7. The summed E-state index contributed by atoms with van der Waals surface area (Å²) in [5.41, 5.74) is 0. The summed E-state index contributed by atoms with van der Waals surface area (Å²) in [6.07, 6.45) is 65.0. The second-order valence-electron chi connectivity index (χ2n) is 13.1. The lowest BCUT2D eigenvalue weighted by Gasteiger charge is -2.18. The van der Waals surface area contributed by atoms with Gasteiger partial charge in [0.05, 0.1) is 0 Å². The van der Waals surface area contributed by atoms with E-state index in [0.29, 0.717) is 12.8 Å². The molecule has 0 saturated heterocycles. The van der Waals surface area contributed by atoms with Gasteiger partial charge >= 0.3 is 11.9 Å². The van der Waals surface area contributed by atoms with Gasteiger partial charge < -0.3 is 9.84 Å². The predicted molar refractivity (Wildman–Crippen MR) is 226 cm³/mol. The van der Waals surface area contributed by atoms with Crippen LogP contribution in [0.15, 0.2) is 122 Å². The first-order chi connectivity index (χ1) is 25.6. The van der Waals surface area contributed by atoms with E-state index in [1.54, 1.807) is 0 Å². The highest BCUT2D eigenvalue weighted by molar-refractivity contribution is 5.69. The molecule has 0 amide bonds. The van der Waals surface area contributed by atoms with E-state index < -0.39 is 5.97 Å². The number of carbonyl (C=O) groups is 2. The number of rotatable bonds is 35. The molecule has 0 aromatic carbocycles. The quantitative estimate of drug-likeness (QED) is 0.0403. The average Bonchev–Trinajstić information content (AvgIpc) is 3.13. The normalized spacial score (nSPS) is 13.6. The summed E-state index contributed by atoms with van der Waals surface area (Å²) < 4.78 is 5.95. The van der Waals surface area contributed by atoms with E-state index >= 15 is 0 Å². The Morgan fingerprint density at radius 3 is 1.19 bits per heavy atom. The molecule has 0 spiro atoms. The van der Waals surface area contributed by atoms with Crippen LogP contribution in [-0.2, 0) is 14.3 Å². The van der Waals surface area contributed by atoms with Crippen LogP contribution in [0.5, 0.6) is 0 Å². The molecular weight excluding hydrogens is 641 g/mol. The Hall–Kier alpha value is -3.66. The third-order valence-electron chi connectivity index (χ3n) is 8.19. The summed E-state index contributed by atoms with van der Waals surface area (Å²) in [4.78, 5) is 23.4. The maximum Gasteiger partial charge on any atom is 0.306 e. The third-order valence-corrected chi connectivity index (χ3v) is 8.19. The van der Waals surface area contributed by atoms with Crippen LogP contribution >= 0.6 is 0 Å². The van der Waals surface area contributed by atoms with E-state index in [-0.39, 0.29) is 18.5 Å². The minimum atomic E-state index is -0.721. The Bertz CT molecular complexity index is 1130. The van der Waals surface area contributed by atoms with Gasteiger partial charge in [-0.05, 0) is 116 Å². The summed E-state index contributed by atoms with van der Waals surface area (Å²) in [5, 5.41) is 8.83. The number of carboxylic acid groups (broad SMARTS) is 1. The Kier molecular flexibility index (Phi) is 38.8. The molecule has 0 fully saturated rings. The van der Waals surface area contributed by atoms with E-state index in [1.165, 1.54) is 0 Å². The van der Waals surface area contributed by atoms with Crippen molar-refractivity contribution < 1.29 is 19.4 Å². The molecule has 0 aliphatic carbocycles. The third kappa shape index (κ3) is 40.8. The summed E-state index contributed by atoms with van der Waals surface area (Å²) >= 11 is 0. The van der Waals surface area contributed by atoms with Crippen molar-refractivity contribution in [1.29, 1.82) is 0 Å². The molecule has 0 aromatic heterocycles. The van der Waals surface area contributed by atoms with Crippen LogP contribution in [0.25, 0.3) is 0 Å². The molecule has 0 bridgehead atoms. The van der Waals surface area contributed by atoms with Gasteiger partial charge in [-0.1, -0.05) is 155 Å². The number of aliphatic carboxylic acids is 1. The van der Waals surface area contributed by atoms with Crippen LogP contribution in [0.3, 0.4) is 0 Å². The number of ether oxygens (including phenoxy) is 1. The van der Waals surface area contributed by atoms with Gasteiger partial charge in [-0.15, -0.1) is 0 Å². The summed E-state index contributed by atoms with van der Waals surface area (Å²) in [6, 6.07) is 0. The Labute approximate surface area is 319 Å². The van der Waals surface area contributed by atoms with Crippen LogP contribution in [0.1, 0.15) is 162 Å². The summed E-state index contributed by atoms with van der Waals surface area (Å²) in [5.74, 6) is -0.828. The monoisotopic (exact) mass is 715 g/mol. The molecule has 0 aliphatic rings.